The van der Waals surface area contributed by atoms with Crippen LogP contribution in [0.4, 0.5) is 0 Å². The molecule has 0 saturated carbocycles. The average molecular weight is 270 g/mol. The zero-order chi connectivity index (χ0) is 14.7. The molecule has 104 valence electrons. The largest absolute Gasteiger partial charge is 0.366 e. The third-order valence-electron chi connectivity index (χ3n) is 3.06. The standard InChI is InChI=1S/C16H18N2O2/c1-10(2)18-14(19)9-12-8-7-11-5-3-4-6-13(11)15(12)16(17)20/h3-8,10H,9H2,1-2H3,(H2,17,20)(H,18,19). The highest BCUT2D eigenvalue weighted by atomic mass is 16.2. The smallest absolute Gasteiger partial charge is 0.249 e. The van der Waals surface area contributed by atoms with Crippen molar-refractivity contribution in [2.24, 2.45) is 5.73 Å². The summed E-state index contributed by atoms with van der Waals surface area (Å²) in [7, 11) is 0. The van der Waals surface area contributed by atoms with E-state index in [0.717, 1.165) is 10.8 Å². The van der Waals surface area contributed by atoms with Crippen molar-refractivity contribution in [3.05, 3.63) is 47.5 Å². The van der Waals surface area contributed by atoms with Gasteiger partial charge in [0, 0.05) is 6.04 Å². The third kappa shape index (κ3) is 2.96. The van der Waals surface area contributed by atoms with Crippen molar-refractivity contribution in [1.82, 2.24) is 5.32 Å². The molecule has 0 radical (unpaired) electrons. The Bertz CT molecular complexity index is 663. The summed E-state index contributed by atoms with van der Waals surface area (Å²) in [4.78, 5) is 23.6. The Balaban J connectivity index is 2.45. The Kier molecular flexibility index (Phi) is 4.03. The van der Waals surface area contributed by atoms with Gasteiger partial charge in [0.05, 0.1) is 12.0 Å². The van der Waals surface area contributed by atoms with Gasteiger partial charge in [-0.15, -0.1) is 0 Å². The lowest BCUT2D eigenvalue weighted by atomic mass is 9.96. The van der Waals surface area contributed by atoms with Crippen LogP contribution in [-0.4, -0.2) is 17.9 Å². The van der Waals surface area contributed by atoms with Crippen molar-refractivity contribution in [3.63, 3.8) is 0 Å². The second-order valence-electron chi connectivity index (χ2n) is 5.08. The molecular weight excluding hydrogens is 252 g/mol. The number of fused-ring (bicyclic) bond motifs is 1. The second-order valence-corrected chi connectivity index (χ2v) is 5.08. The monoisotopic (exact) mass is 270 g/mol. The Morgan fingerprint density at radius 2 is 1.85 bits per heavy atom. The van der Waals surface area contributed by atoms with Gasteiger partial charge in [-0.3, -0.25) is 9.59 Å². The normalized spacial score (nSPS) is 10.8. The van der Waals surface area contributed by atoms with Gasteiger partial charge in [0.1, 0.15) is 0 Å². The first kappa shape index (κ1) is 14.1. The third-order valence-corrected chi connectivity index (χ3v) is 3.06. The highest BCUT2D eigenvalue weighted by Crippen LogP contribution is 2.22. The maximum atomic E-state index is 11.9. The van der Waals surface area contributed by atoms with Crippen LogP contribution in [0.25, 0.3) is 10.8 Å². The predicted molar refractivity (Wildman–Crippen MR) is 79.4 cm³/mol. The molecule has 0 atom stereocenters. The van der Waals surface area contributed by atoms with Crippen LogP contribution in [-0.2, 0) is 11.2 Å². The fourth-order valence-electron chi connectivity index (χ4n) is 2.30. The lowest BCUT2D eigenvalue weighted by molar-refractivity contribution is -0.120. The van der Waals surface area contributed by atoms with Gasteiger partial charge in [-0.25, -0.2) is 0 Å². The van der Waals surface area contributed by atoms with Gasteiger partial charge in [0.2, 0.25) is 11.8 Å². The summed E-state index contributed by atoms with van der Waals surface area (Å²) in [5, 5.41) is 4.54. The van der Waals surface area contributed by atoms with E-state index in [1.807, 2.05) is 44.2 Å². The molecule has 0 unspecified atom stereocenters. The summed E-state index contributed by atoms with van der Waals surface area (Å²) in [5.74, 6) is -0.619. The summed E-state index contributed by atoms with van der Waals surface area (Å²) in [6.45, 7) is 3.79. The molecule has 0 aliphatic heterocycles. The molecule has 0 aliphatic carbocycles. The number of hydrogen-bond acceptors (Lipinski definition) is 2. The van der Waals surface area contributed by atoms with Crippen LogP contribution in [0, 0.1) is 0 Å². The molecule has 0 bridgehead atoms. The van der Waals surface area contributed by atoms with Gasteiger partial charge in [-0.1, -0.05) is 36.4 Å². The average Bonchev–Trinajstić information content (AvgIpc) is 2.36. The van der Waals surface area contributed by atoms with Crippen molar-refractivity contribution in [3.8, 4) is 0 Å². The summed E-state index contributed by atoms with van der Waals surface area (Å²) in [6.07, 6.45) is 0.154. The molecule has 2 rings (SSSR count). The van der Waals surface area contributed by atoms with E-state index in [2.05, 4.69) is 5.32 Å². The molecule has 0 spiro atoms. The topological polar surface area (TPSA) is 72.2 Å². The lowest BCUT2D eigenvalue weighted by Gasteiger charge is -2.12. The number of nitrogens with one attached hydrogen (secondary N) is 1. The Morgan fingerprint density at radius 1 is 1.15 bits per heavy atom. The summed E-state index contributed by atoms with van der Waals surface area (Å²) in [5.41, 5.74) is 6.58. The van der Waals surface area contributed by atoms with Gasteiger partial charge >= 0.3 is 0 Å². The van der Waals surface area contributed by atoms with E-state index >= 15 is 0 Å². The van der Waals surface area contributed by atoms with E-state index in [0.29, 0.717) is 11.1 Å². The van der Waals surface area contributed by atoms with E-state index in [-0.39, 0.29) is 18.4 Å². The minimum absolute atomic E-state index is 0.0694. The van der Waals surface area contributed by atoms with Crippen molar-refractivity contribution in [1.29, 1.82) is 0 Å². The molecule has 3 N–H and O–H groups in total. The number of benzene rings is 2. The van der Waals surface area contributed by atoms with Crippen molar-refractivity contribution < 1.29 is 9.59 Å². The molecular formula is C16H18N2O2. The molecule has 2 amide bonds. The van der Waals surface area contributed by atoms with Gasteiger partial charge < -0.3 is 11.1 Å². The number of amides is 2. The second kappa shape index (κ2) is 5.74. The van der Waals surface area contributed by atoms with Crippen LogP contribution in [0.5, 0.6) is 0 Å². The summed E-state index contributed by atoms with van der Waals surface area (Å²) in [6, 6.07) is 11.3. The number of primary amides is 1. The SMILES string of the molecule is CC(C)NC(=O)Cc1ccc2ccccc2c1C(N)=O. The first-order valence-corrected chi connectivity index (χ1v) is 6.59. The maximum absolute atomic E-state index is 11.9. The summed E-state index contributed by atoms with van der Waals surface area (Å²) < 4.78 is 0. The molecule has 0 aliphatic rings. The maximum Gasteiger partial charge on any atom is 0.249 e. The van der Waals surface area contributed by atoms with Gasteiger partial charge in [0.25, 0.3) is 0 Å². The van der Waals surface area contributed by atoms with Crippen LogP contribution in [0.2, 0.25) is 0 Å². The van der Waals surface area contributed by atoms with Crippen LogP contribution in [0.1, 0.15) is 29.8 Å². The van der Waals surface area contributed by atoms with Crippen LogP contribution in [0.3, 0.4) is 0 Å². The van der Waals surface area contributed by atoms with E-state index in [9.17, 15) is 9.59 Å². The van der Waals surface area contributed by atoms with Crippen molar-refractivity contribution in [2.75, 3.05) is 0 Å². The van der Waals surface area contributed by atoms with E-state index in [4.69, 9.17) is 5.73 Å². The molecule has 0 aromatic heterocycles. The van der Waals surface area contributed by atoms with Crippen LogP contribution >= 0.6 is 0 Å². The molecule has 2 aromatic rings. The highest BCUT2D eigenvalue weighted by molar-refractivity contribution is 6.08. The predicted octanol–water partition coefficient (Wildman–Crippen LogP) is 2.01. The van der Waals surface area contributed by atoms with E-state index in [1.54, 1.807) is 6.07 Å². The molecule has 0 heterocycles. The van der Waals surface area contributed by atoms with Gasteiger partial charge in [0.15, 0.2) is 0 Å². The Labute approximate surface area is 118 Å². The first-order chi connectivity index (χ1) is 9.49. The molecule has 2 aromatic carbocycles. The fourth-order valence-corrected chi connectivity index (χ4v) is 2.30. The van der Waals surface area contributed by atoms with E-state index in [1.165, 1.54) is 0 Å². The molecule has 4 heteroatoms. The van der Waals surface area contributed by atoms with Gasteiger partial charge in [-0.2, -0.15) is 0 Å². The highest BCUT2D eigenvalue weighted by Gasteiger charge is 2.15. The van der Waals surface area contributed by atoms with Gasteiger partial charge in [-0.05, 0) is 30.2 Å². The van der Waals surface area contributed by atoms with Crippen LogP contribution < -0.4 is 11.1 Å². The quantitative estimate of drug-likeness (QED) is 0.892. The van der Waals surface area contributed by atoms with Crippen molar-refractivity contribution >= 4 is 22.6 Å². The minimum atomic E-state index is -0.505. The first-order valence-electron chi connectivity index (χ1n) is 6.59. The zero-order valence-electron chi connectivity index (χ0n) is 11.6. The molecule has 0 saturated heterocycles. The minimum Gasteiger partial charge on any atom is -0.366 e. The fraction of sp³-hybridized carbons (Fsp3) is 0.250. The van der Waals surface area contributed by atoms with E-state index < -0.39 is 5.91 Å². The molecule has 0 fully saturated rings. The summed E-state index contributed by atoms with van der Waals surface area (Å²) >= 11 is 0. The Morgan fingerprint density at radius 3 is 2.50 bits per heavy atom. The number of rotatable bonds is 4. The number of carbonyl (C=O) groups is 2. The Hall–Kier alpha value is -2.36. The number of carbonyl (C=O) groups excluding carboxylic acids is 2. The van der Waals surface area contributed by atoms with Crippen LogP contribution in [0.15, 0.2) is 36.4 Å². The molecule has 4 nitrogen and oxygen atoms in total. The zero-order valence-corrected chi connectivity index (χ0v) is 11.6. The number of hydrogen-bond donors (Lipinski definition) is 2. The van der Waals surface area contributed by atoms with Crippen molar-refractivity contribution in [2.45, 2.75) is 26.3 Å². The lowest BCUT2D eigenvalue weighted by Crippen LogP contribution is -2.32. The molecule has 20 heavy (non-hydrogen) atoms. The number of nitrogens with two attached hydrogens (primary N) is 1.